The number of halogens is 3. The molecule has 102 valence electrons. The van der Waals surface area contributed by atoms with E-state index in [2.05, 4.69) is 26.6 Å². The topological polar surface area (TPSA) is 41.1 Å². The molecule has 0 spiro atoms. The summed E-state index contributed by atoms with van der Waals surface area (Å²) in [5.74, 6) is -0.0991. The highest BCUT2D eigenvalue weighted by molar-refractivity contribution is 9.10. The zero-order valence-electron chi connectivity index (χ0n) is 10.1. The summed E-state index contributed by atoms with van der Waals surface area (Å²) in [6.45, 7) is 0. The van der Waals surface area contributed by atoms with Crippen molar-refractivity contribution in [3.8, 4) is 0 Å². The molecule has 6 heteroatoms. The van der Waals surface area contributed by atoms with E-state index in [1.54, 1.807) is 18.2 Å². The van der Waals surface area contributed by atoms with Crippen LogP contribution in [-0.2, 0) is 4.79 Å². The first-order valence-corrected chi connectivity index (χ1v) is 7.42. The fourth-order valence-corrected chi connectivity index (χ4v) is 3.06. The summed E-state index contributed by atoms with van der Waals surface area (Å²) >= 11 is 15.3. The van der Waals surface area contributed by atoms with Crippen LogP contribution in [0, 0.1) is 0 Å². The van der Waals surface area contributed by atoms with Crippen LogP contribution < -0.4 is 10.6 Å². The Hall–Kier alpha value is -1.23. The summed E-state index contributed by atoms with van der Waals surface area (Å²) in [6, 6.07) is 10.4. The SMILES string of the molecule is O=C1Nc2cccc(Br)c2C1Nc1ccc(Cl)c(Cl)c1. The third kappa shape index (κ3) is 2.39. The van der Waals surface area contributed by atoms with Crippen LogP contribution in [-0.4, -0.2) is 5.91 Å². The second-order valence-electron chi connectivity index (χ2n) is 4.40. The number of fused-ring (bicyclic) bond motifs is 1. The molecule has 3 nitrogen and oxygen atoms in total. The lowest BCUT2D eigenvalue weighted by Gasteiger charge is -2.14. The first-order valence-electron chi connectivity index (χ1n) is 5.87. The Labute approximate surface area is 134 Å². The predicted molar refractivity (Wildman–Crippen MR) is 85.6 cm³/mol. The largest absolute Gasteiger partial charge is 0.370 e. The van der Waals surface area contributed by atoms with Gasteiger partial charge in [-0.1, -0.05) is 45.2 Å². The average molecular weight is 372 g/mol. The van der Waals surface area contributed by atoms with Crippen LogP contribution >= 0.6 is 39.1 Å². The Morgan fingerprint density at radius 3 is 2.70 bits per heavy atom. The van der Waals surface area contributed by atoms with E-state index >= 15 is 0 Å². The highest BCUT2D eigenvalue weighted by atomic mass is 79.9. The van der Waals surface area contributed by atoms with E-state index in [-0.39, 0.29) is 5.91 Å². The maximum absolute atomic E-state index is 12.1. The minimum Gasteiger partial charge on any atom is -0.370 e. The standard InChI is InChI=1S/C14H9BrCl2N2O/c15-8-2-1-3-11-12(8)13(14(20)19-11)18-7-4-5-9(16)10(17)6-7/h1-6,13,18H,(H,19,20). The Bertz CT molecular complexity index is 706. The van der Waals surface area contributed by atoms with Crippen molar-refractivity contribution in [2.24, 2.45) is 0 Å². The molecule has 2 aromatic rings. The molecule has 2 aromatic carbocycles. The number of nitrogens with one attached hydrogen (secondary N) is 2. The van der Waals surface area contributed by atoms with Gasteiger partial charge in [-0.15, -0.1) is 0 Å². The van der Waals surface area contributed by atoms with Gasteiger partial charge in [-0.2, -0.15) is 0 Å². The summed E-state index contributed by atoms with van der Waals surface area (Å²) in [5, 5.41) is 6.94. The van der Waals surface area contributed by atoms with Crippen molar-refractivity contribution in [3.63, 3.8) is 0 Å². The summed E-state index contributed by atoms with van der Waals surface area (Å²) in [4.78, 5) is 12.1. The number of carbonyl (C=O) groups is 1. The average Bonchev–Trinajstić information content (AvgIpc) is 2.72. The van der Waals surface area contributed by atoms with Gasteiger partial charge in [-0.05, 0) is 30.3 Å². The number of anilines is 2. The van der Waals surface area contributed by atoms with E-state index in [0.717, 1.165) is 21.4 Å². The van der Waals surface area contributed by atoms with Crippen LogP contribution in [0.3, 0.4) is 0 Å². The lowest BCUT2D eigenvalue weighted by Crippen LogP contribution is -2.19. The maximum atomic E-state index is 12.1. The summed E-state index contributed by atoms with van der Waals surface area (Å²) in [7, 11) is 0. The van der Waals surface area contributed by atoms with Crippen LogP contribution in [0.25, 0.3) is 0 Å². The number of rotatable bonds is 2. The molecular weight excluding hydrogens is 363 g/mol. The van der Waals surface area contributed by atoms with Crippen molar-refractivity contribution in [2.75, 3.05) is 10.6 Å². The van der Waals surface area contributed by atoms with E-state index in [4.69, 9.17) is 23.2 Å². The van der Waals surface area contributed by atoms with Crippen molar-refractivity contribution >= 4 is 56.4 Å². The van der Waals surface area contributed by atoms with E-state index in [1.807, 2.05) is 18.2 Å². The molecule has 1 unspecified atom stereocenters. The van der Waals surface area contributed by atoms with Crippen molar-refractivity contribution < 1.29 is 4.79 Å². The molecule has 3 rings (SSSR count). The van der Waals surface area contributed by atoms with E-state index in [1.165, 1.54) is 0 Å². The zero-order chi connectivity index (χ0) is 14.3. The van der Waals surface area contributed by atoms with Crippen LogP contribution in [0.15, 0.2) is 40.9 Å². The molecule has 1 atom stereocenters. The van der Waals surface area contributed by atoms with Crippen LogP contribution in [0.4, 0.5) is 11.4 Å². The molecule has 0 aliphatic carbocycles. The Morgan fingerprint density at radius 1 is 1.15 bits per heavy atom. The Kier molecular flexibility index (Phi) is 3.63. The molecule has 2 N–H and O–H groups in total. The molecule has 1 aliphatic heterocycles. The molecule has 0 fully saturated rings. The fourth-order valence-electron chi connectivity index (χ4n) is 2.17. The Morgan fingerprint density at radius 2 is 1.95 bits per heavy atom. The van der Waals surface area contributed by atoms with Gasteiger partial charge in [0.25, 0.3) is 5.91 Å². The van der Waals surface area contributed by atoms with E-state index in [9.17, 15) is 4.79 Å². The molecule has 0 radical (unpaired) electrons. The molecule has 0 bridgehead atoms. The van der Waals surface area contributed by atoms with E-state index in [0.29, 0.717) is 10.0 Å². The predicted octanol–water partition coefficient (Wildman–Crippen LogP) is 4.86. The zero-order valence-corrected chi connectivity index (χ0v) is 13.2. The number of hydrogen-bond donors (Lipinski definition) is 2. The minimum absolute atomic E-state index is 0.0991. The van der Waals surface area contributed by atoms with Gasteiger partial charge < -0.3 is 10.6 Å². The fraction of sp³-hybridized carbons (Fsp3) is 0.0714. The Balaban J connectivity index is 1.96. The van der Waals surface area contributed by atoms with E-state index < -0.39 is 6.04 Å². The minimum atomic E-state index is -0.460. The van der Waals surface area contributed by atoms with Crippen molar-refractivity contribution in [1.29, 1.82) is 0 Å². The molecule has 1 amide bonds. The summed E-state index contributed by atoms with van der Waals surface area (Å²) in [6.07, 6.45) is 0. The highest BCUT2D eigenvalue weighted by Crippen LogP contribution is 2.38. The monoisotopic (exact) mass is 370 g/mol. The number of benzene rings is 2. The van der Waals surface area contributed by atoms with Gasteiger partial charge in [-0.3, -0.25) is 4.79 Å². The second kappa shape index (κ2) is 5.28. The van der Waals surface area contributed by atoms with Gasteiger partial charge in [0.2, 0.25) is 0 Å². The van der Waals surface area contributed by atoms with Crippen LogP contribution in [0.1, 0.15) is 11.6 Å². The van der Waals surface area contributed by atoms with Crippen LogP contribution in [0.2, 0.25) is 10.0 Å². The smallest absolute Gasteiger partial charge is 0.251 e. The molecule has 0 saturated carbocycles. The molecule has 20 heavy (non-hydrogen) atoms. The van der Waals surface area contributed by atoms with Crippen molar-refractivity contribution in [1.82, 2.24) is 0 Å². The van der Waals surface area contributed by atoms with Gasteiger partial charge in [0.05, 0.1) is 10.0 Å². The van der Waals surface area contributed by atoms with Crippen LogP contribution in [0.5, 0.6) is 0 Å². The molecule has 0 saturated heterocycles. The van der Waals surface area contributed by atoms with Gasteiger partial charge in [-0.25, -0.2) is 0 Å². The molecule has 1 heterocycles. The number of hydrogen-bond acceptors (Lipinski definition) is 2. The number of amides is 1. The third-order valence-corrected chi connectivity index (χ3v) is 4.52. The summed E-state index contributed by atoms with van der Waals surface area (Å²) < 4.78 is 0.880. The van der Waals surface area contributed by atoms with Crippen molar-refractivity contribution in [2.45, 2.75) is 6.04 Å². The highest BCUT2D eigenvalue weighted by Gasteiger charge is 2.32. The third-order valence-electron chi connectivity index (χ3n) is 3.09. The van der Waals surface area contributed by atoms with Gasteiger partial charge in [0, 0.05) is 21.4 Å². The lowest BCUT2D eigenvalue weighted by atomic mass is 10.1. The molecule has 1 aliphatic rings. The van der Waals surface area contributed by atoms with Gasteiger partial charge in [0.15, 0.2) is 0 Å². The van der Waals surface area contributed by atoms with Gasteiger partial charge >= 0.3 is 0 Å². The maximum Gasteiger partial charge on any atom is 0.251 e. The van der Waals surface area contributed by atoms with Crippen molar-refractivity contribution in [3.05, 3.63) is 56.5 Å². The first-order chi connectivity index (χ1) is 9.56. The second-order valence-corrected chi connectivity index (χ2v) is 6.07. The number of carbonyl (C=O) groups excluding carboxylic acids is 1. The van der Waals surface area contributed by atoms with Gasteiger partial charge in [0.1, 0.15) is 6.04 Å². The lowest BCUT2D eigenvalue weighted by molar-refractivity contribution is -0.116. The molecular formula is C14H9BrCl2N2O. The quantitative estimate of drug-likeness (QED) is 0.791. The summed E-state index contributed by atoms with van der Waals surface area (Å²) in [5.41, 5.74) is 2.44. The first kappa shape index (κ1) is 13.7. The molecule has 0 aromatic heterocycles. The normalized spacial score (nSPS) is 16.8.